The van der Waals surface area contributed by atoms with Crippen LogP contribution in [0.3, 0.4) is 0 Å². The quantitative estimate of drug-likeness (QED) is 0.523. The van der Waals surface area contributed by atoms with E-state index >= 15 is 0 Å². The molecule has 0 unspecified atom stereocenters. The summed E-state index contributed by atoms with van der Waals surface area (Å²) in [6.07, 6.45) is 5.72. The lowest BCUT2D eigenvalue weighted by Gasteiger charge is -1.94. The van der Waals surface area contributed by atoms with Crippen LogP contribution in [-0.4, -0.2) is 11.1 Å². The fourth-order valence-corrected chi connectivity index (χ4v) is 0.884. The molecule has 0 spiro atoms. The Hall–Kier alpha value is -0.970. The van der Waals surface area contributed by atoms with Crippen LogP contribution >= 0.6 is 0 Å². The molecule has 48 valence electrons. The van der Waals surface area contributed by atoms with Gasteiger partial charge in [-0.2, -0.15) is 0 Å². The molecular weight excluding hydrogens is 116 g/mol. The van der Waals surface area contributed by atoms with E-state index in [-0.39, 0.29) is 11.3 Å². The topological polar surface area (TPSA) is 37.3 Å². The predicted octanol–water partition coefficient (Wildman–Crippen LogP) is 0.730. The molecular formula is C7H8O2. The van der Waals surface area contributed by atoms with E-state index in [1.54, 1.807) is 6.92 Å². The second kappa shape index (κ2) is 1.51. The standard InChI is InChI=1S/C7H8O2/c1-3-7(2)4-5(7)6(8)9/h1,5H,4H2,2H3,(H,8,9)/t5-,7+/m0/s1. The zero-order valence-corrected chi connectivity index (χ0v) is 5.22. The Bertz CT molecular complexity index is 190. The van der Waals surface area contributed by atoms with Crippen LogP contribution in [0.4, 0.5) is 0 Å². The molecule has 1 aliphatic carbocycles. The molecule has 0 heterocycles. The molecule has 0 saturated heterocycles. The SMILES string of the molecule is C#C[C@]1(C)C[C@H]1C(=O)O. The lowest BCUT2D eigenvalue weighted by molar-refractivity contribution is -0.139. The maximum atomic E-state index is 10.2. The van der Waals surface area contributed by atoms with E-state index in [1.807, 2.05) is 0 Å². The van der Waals surface area contributed by atoms with Crippen molar-refractivity contribution in [1.82, 2.24) is 0 Å². The second-order valence-electron chi connectivity index (χ2n) is 2.66. The van der Waals surface area contributed by atoms with Gasteiger partial charge in [-0.1, -0.05) is 5.92 Å². The molecule has 2 atom stereocenters. The van der Waals surface area contributed by atoms with Crippen LogP contribution in [-0.2, 0) is 4.79 Å². The third-order valence-electron chi connectivity index (χ3n) is 1.86. The minimum Gasteiger partial charge on any atom is -0.481 e. The van der Waals surface area contributed by atoms with Crippen LogP contribution < -0.4 is 0 Å². The molecule has 0 aromatic rings. The van der Waals surface area contributed by atoms with E-state index in [0.717, 1.165) is 0 Å². The minimum atomic E-state index is -0.768. The van der Waals surface area contributed by atoms with Crippen molar-refractivity contribution < 1.29 is 9.90 Å². The predicted molar refractivity (Wildman–Crippen MR) is 32.7 cm³/mol. The molecule has 0 bridgehead atoms. The molecule has 0 aromatic carbocycles. The molecule has 1 saturated carbocycles. The smallest absolute Gasteiger partial charge is 0.308 e. The zero-order valence-electron chi connectivity index (χ0n) is 5.22. The lowest BCUT2D eigenvalue weighted by Crippen LogP contribution is -2.04. The molecule has 9 heavy (non-hydrogen) atoms. The number of carboxylic acid groups (broad SMARTS) is 1. The molecule has 0 amide bonds. The highest BCUT2D eigenvalue weighted by molar-refractivity contribution is 5.75. The van der Waals surface area contributed by atoms with Crippen molar-refractivity contribution in [1.29, 1.82) is 0 Å². The average Bonchev–Trinajstić information content (AvgIpc) is 2.44. The van der Waals surface area contributed by atoms with Crippen LogP contribution in [0.25, 0.3) is 0 Å². The van der Waals surface area contributed by atoms with E-state index in [9.17, 15) is 4.79 Å². The molecule has 0 aromatic heterocycles. The van der Waals surface area contributed by atoms with Gasteiger partial charge in [-0.25, -0.2) is 0 Å². The minimum absolute atomic E-state index is 0.289. The molecule has 1 aliphatic rings. The van der Waals surface area contributed by atoms with Crippen LogP contribution in [0.15, 0.2) is 0 Å². The summed E-state index contributed by atoms with van der Waals surface area (Å²) in [4.78, 5) is 10.2. The molecule has 2 heteroatoms. The van der Waals surface area contributed by atoms with Gasteiger partial charge >= 0.3 is 5.97 Å². The van der Waals surface area contributed by atoms with Gasteiger partial charge in [0.1, 0.15) is 0 Å². The summed E-state index contributed by atoms with van der Waals surface area (Å²) in [5.41, 5.74) is -0.341. The molecule has 0 radical (unpaired) electrons. The Morgan fingerprint density at radius 1 is 2.00 bits per heavy atom. The first-order valence-corrected chi connectivity index (χ1v) is 2.81. The van der Waals surface area contributed by atoms with Crippen molar-refractivity contribution >= 4 is 5.97 Å². The zero-order chi connectivity index (χ0) is 7.07. The van der Waals surface area contributed by atoms with E-state index in [4.69, 9.17) is 11.5 Å². The fraction of sp³-hybridized carbons (Fsp3) is 0.571. The van der Waals surface area contributed by atoms with Gasteiger partial charge in [-0.15, -0.1) is 6.42 Å². The Morgan fingerprint density at radius 3 is 2.67 bits per heavy atom. The fourth-order valence-electron chi connectivity index (χ4n) is 0.884. The van der Waals surface area contributed by atoms with Gasteiger partial charge in [0.2, 0.25) is 0 Å². The summed E-state index contributed by atoms with van der Waals surface area (Å²) in [5, 5.41) is 8.42. The Labute approximate surface area is 53.9 Å². The summed E-state index contributed by atoms with van der Waals surface area (Å²) in [5.74, 6) is 1.41. The van der Waals surface area contributed by atoms with Gasteiger partial charge in [0.15, 0.2) is 0 Å². The van der Waals surface area contributed by atoms with Crippen molar-refractivity contribution in [2.45, 2.75) is 13.3 Å². The van der Waals surface area contributed by atoms with Crippen molar-refractivity contribution in [2.24, 2.45) is 11.3 Å². The first-order valence-electron chi connectivity index (χ1n) is 2.81. The van der Waals surface area contributed by atoms with Gasteiger partial charge in [-0.05, 0) is 13.3 Å². The second-order valence-corrected chi connectivity index (χ2v) is 2.66. The Balaban J connectivity index is 2.61. The number of carboxylic acids is 1. The highest BCUT2D eigenvalue weighted by Gasteiger charge is 2.53. The third kappa shape index (κ3) is 0.787. The summed E-state index contributed by atoms with van der Waals surface area (Å²) < 4.78 is 0. The maximum Gasteiger partial charge on any atom is 0.308 e. The van der Waals surface area contributed by atoms with E-state index < -0.39 is 5.97 Å². The Kier molecular flexibility index (Phi) is 1.03. The van der Waals surface area contributed by atoms with E-state index in [2.05, 4.69) is 5.92 Å². The van der Waals surface area contributed by atoms with Crippen molar-refractivity contribution in [2.75, 3.05) is 0 Å². The normalized spacial score (nSPS) is 39.3. The Morgan fingerprint density at radius 2 is 2.56 bits per heavy atom. The summed E-state index contributed by atoms with van der Waals surface area (Å²) in [6.45, 7) is 1.80. The average molecular weight is 124 g/mol. The third-order valence-corrected chi connectivity index (χ3v) is 1.86. The number of hydrogen-bond donors (Lipinski definition) is 1. The van der Waals surface area contributed by atoms with Gasteiger partial charge in [0.05, 0.1) is 5.92 Å². The lowest BCUT2D eigenvalue weighted by atomic mass is 10.1. The maximum absolute atomic E-state index is 10.2. The molecule has 1 N–H and O–H groups in total. The first-order chi connectivity index (χ1) is 4.10. The van der Waals surface area contributed by atoms with Crippen molar-refractivity contribution in [3.05, 3.63) is 0 Å². The van der Waals surface area contributed by atoms with Crippen LogP contribution in [0.2, 0.25) is 0 Å². The van der Waals surface area contributed by atoms with Crippen LogP contribution in [0.1, 0.15) is 13.3 Å². The van der Waals surface area contributed by atoms with Crippen molar-refractivity contribution in [3.8, 4) is 12.3 Å². The molecule has 2 nitrogen and oxygen atoms in total. The number of carbonyl (C=O) groups is 1. The van der Waals surface area contributed by atoms with E-state index in [1.165, 1.54) is 0 Å². The first kappa shape index (κ1) is 6.15. The number of rotatable bonds is 1. The van der Waals surface area contributed by atoms with E-state index in [0.29, 0.717) is 6.42 Å². The van der Waals surface area contributed by atoms with Gasteiger partial charge in [0.25, 0.3) is 0 Å². The molecule has 1 fully saturated rings. The number of hydrogen-bond acceptors (Lipinski definition) is 1. The highest BCUT2D eigenvalue weighted by Crippen LogP contribution is 2.51. The molecule has 0 aliphatic heterocycles. The van der Waals surface area contributed by atoms with Gasteiger partial charge in [-0.3, -0.25) is 4.79 Å². The largest absolute Gasteiger partial charge is 0.481 e. The van der Waals surface area contributed by atoms with Crippen LogP contribution in [0, 0.1) is 23.7 Å². The van der Waals surface area contributed by atoms with Gasteiger partial charge < -0.3 is 5.11 Å². The summed E-state index contributed by atoms with van der Waals surface area (Å²) >= 11 is 0. The monoisotopic (exact) mass is 124 g/mol. The summed E-state index contributed by atoms with van der Waals surface area (Å²) in [7, 11) is 0. The van der Waals surface area contributed by atoms with Crippen LogP contribution in [0.5, 0.6) is 0 Å². The summed E-state index contributed by atoms with van der Waals surface area (Å²) in [6, 6.07) is 0. The number of terminal acetylenes is 1. The highest BCUT2D eigenvalue weighted by atomic mass is 16.4. The number of aliphatic carboxylic acids is 1. The van der Waals surface area contributed by atoms with Crippen molar-refractivity contribution in [3.63, 3.8) is 0 Å². The van der Waals surface area contributed by atoms with Gasteiger partial charge in [0, 0.05) is 5.41 Å². The molecule has 1 rings (SSSR count).